The third-order valence-electron chi connectivity index (χ3n) is 3.22. The molecule has 1 aromatic heterocycles. The SMILES string of the molecule is Cn1c(=O)ccn([C@@H]2O[C@H](COP(=O)(Cl)Cl)C(O)C2O)c1=O. The molecule has 2 N–H and O–H groups in total. The molecule has 0 aromatic carbocycles. The molecule has 12 heteroatoms. The van der Waals surface area contributed by atoms with Crippen molar-refractivity contribution in [2.24, 2.45) is 7.05 Å². The van der Waals surface area contributed by atoms with E-state index in [1.165, 1.54) is 7.05 Å². The van der Waals surface area contributed by atoms with Crippen LogP contribution in [-0.2, 0) is 20.9 Å². The molecule has 2 unspecified atom stereocenters. The van der Waals surface area contributed by atoms with Gasteiger partial charge in [0.15, 0.2) is 6.23 Å². The van der Waals surface area contributed by atoms with Crippen LogP contribution >= 0.6 is 28.6 Å². The van der Waals surface area contributed by atoms with Crippen LogP contribution in [0.15, 0.2) is 21.9 Å². The van der Waals surface area contributed by atoms with E-state index in [0.717, 1.165) is 21.4 Å². The van der Waals surface area contributed by atoms with Crippen molar-refractivity contribution < 1.29 is 24.0 Å². The Balaban J connectivity index is 2.24. The van der Waals surface area contributed by atoms with Gasteiger partial charge in [0.1, 0.15) is 18.3 Å². The summed E-state index contributed by atoms with van der Waals surface area (Å²) in [5.74, 6) is 0. The number of aliphatic hydroxyl groups is 2. The summed E-state index contributed by atoms with van der Waals surface area (Å²) in [7, 11) is 1.26. The Morgan fingerprint density at radius 1 is 1.36 bits per heavy atom. The zero-order chi connectivity index (χ0) is 16.7. The van der Waals surface area contributed by atoms with Gasteiger partial charge in [0, 0.05) is 19.3 Å². The van der Waals surface area contributed by atoms with E-state index in [1.54, 1.807) is 0 Å². The van der Waals surface area contributed by atoms with Crippen LogP contribution in [0.3, 0.4) is 0 Å². The maximum atomic E-state index is 12.0. The Hall–Kier alpha value is -0.670. The van der Waals surface area contributed by atoms with Gasteiger partial charge in [-0.1, -0.05) is 0 Å². The van der Waals surface area contributed by atoms with Crippen LogP contribution in [0, 0.1) is 0 Å². The monoisotopic (exact) mass is 374 g/mol. The predicted molar refractivity (Wildman–Crippen MR) is 77.1 cm³/mol. The van der Waals surface area contributed by atoms with E-state index in [1.807, 2.05) is 0 Å². The average Bonchev–Trinajstić information content (AvgIpc) is 2.70. The molecule has 9 nitrogen and oxygen atoms in total. The van der Waals surface area contributed by atoms with Gasteiger partial charge in [-0.2, -0.15) is 0 Å². The molecule has 4 atom stereocenters. The number of aliphatic hydroxyl groups excluding tert-OH is 2. The van der Waals surface area contributed by atoms with Gasteiger partial charge >= 0.3 is 11.8 Å². The smallest absolute Gasteiger partial charge is 0.380 e. The van der Waals surface area contributed by atoms with Crippen LogP contribution in [0.2, 0.25) is 0 Å². The van der Waals surface area contributed by atoms with Gasteiger partial charge in [-0.05, 0) is 22.5 Å². The van der Waals surface area contributed by atoms with Crippen LogP contribution in [0.5, 0.6) is 0 Å². The molecular weight excluding hydrogens is 362 g/mol. The molecular formula is C10H13Cl2N2O7P. The van der Waals surface area contributed by atoms with Gasteiger partial charge in [0.2, 0.25) is 0 Å². The third kappa shape index (κ3) is 3.62. The Labute approximate surface area is 133 Å². The van der Waals surface area contributed by atoms with Crippen molar-refractivity contribution in [2.75, 3.05) is 6.61 Å². The van der Waals surface area contributed by atoms with Gasteiger partial charge in [0.25, 0.3) is 5.56 Å². The second kappa shape index (κ2) is 6.45. The summed E-state index contributed by atoms with van der Waals surface area (Å²) in [6.45, 7) is -0.445. The second-order valence-electron chi connectivity index (χ2n) is 4.66. The molecule has 1 fully saturated rings. The molecule has 1 saturated heterocycles. The predicted octanol–water partition coefficient (Wildman–Crippen LogP) is -0.232. The molecule has 1 aliphatic heterocycles. The number of rotatable bonds is 4. The highest BCUT2D eigenvalue weighted by Crippen LogP contribution is 2.57. The second-order valence-corrected chi connectivity index (χ2v) is 8.94. The number of nitrogens with zero attached hydrogens (tertiary/aromatic N) is 2. The van der Waals surface area contributed by atoms with Crippen molar-refractivity contribution in [1.82, 2.24) is 9.13 Å². The average molecular weight is 375 g/mol. The maximum absolute atomic E-state index is 12.0. The normalized spacial score (nSPS) is 29.0. The van der Waals surface area contributed by atoms with E-state index in [2.05, 4.69) is 4.52 Å². The zero-order valence-corrected chi connectivity index (χ0v) is 13.6. The quantitative estimate of drug-likeness (QED) is 0.698. The minimum Gasteiger partial charge on any atom is -0.387 e. The molecule has 0 amide bonds. The molecule has 2 heterocycles. The van der Waals surface area contributed by atoms with Crippen LogP contribution in [0.1, 0.15) is 6.23 Å². The number of ether oxygens (including phenoxy) is 1. The minimum atomic E-state index is -3.82. The fourth-order valence-electron chi connectivity index (χ4n) is 2.04. The third-order valence-corrected chi connectivity index (χ3v) is 4.25. The molecule has 2 rings (SSSR count). The van der Waals surface area contributed by atoms with Gasteiger partial charge in [-0.15, -0.1) is 0 Å². The molecule has 0 saturated carbocycles. The van der Waals surface area contributed by atoms with Crippen molar-refractivity contribution in [2.45, 2.75) is 24.5 Å². The first-order chi connectivity index (χ1) is 10.1. The summed E-state index contributed by atoms with van der Waals surface area (Å²) < 4.78 is 22.8. The molecule has 0 spiro atoms. The van der Waals surface area contributed by atoms with Crippen molar-refractivity contribution in [3.8, 4) is 0 Å². The lowest BCUT2D eigenvalue weighted by atomic mass is 10.1. The summed E-state index contributed by atoms with van der Waals surface area (Å²) in [6, 6.07) is 1.11. The highest BCUT2D eigenvalue weighted by Gasteiger charge is 2.44. The summed E-state index contributed by atoms with van der Waals surface area (Å²) in [4.78, 5) is 23.3. The molecule has 0 aliphatic carbocycles. The van der Waals surface area contributed by atoms with Gasteiger partial charge in [-0.25, -0.2) is 4.79 Å². The lowest BCUT2D eigenvalue weighted by Crippen LogP contribution is -2.41. The Morgan fingerprint density at radius 3 is 2.59 bits per heavy atom. The lowest BCUT2D eigenvalue weighted by Gasteiger charge is -2.17. The maximum Gasteiger partial charge on any atom is 0.380 e. The summed E-state index contributed by atoms with van der Waals surface area (Å²) in [5.41, 5.74) is -1.26. The number of aromatic nitrogens is 2. The zero-order valence-electron chi connectivity index (χ0n) is 11.2. The standard InChI is InChI=1S/C10H13Cl2N2O7P/c1-13-6(15)2-3-14(10(13)18)9-8(17)7(16)5(21-9)4-20-22(11,12)19/h2-3,5,7-9,16-17H,4H2,1H3/t5-,7?,8?,9-/m1/s1. The topological polar surface area (TPSA) is 120 Å². The summed E-state index contributed by atoms with van der Waals surface area (Å²) in [6.07, 6.45) is -7.91. The van der Waals surface area contributed by atoms with Crippen LogP contribution < -0.4 is 11.2 Å². The summed E-state index contributed by atoms with van der Waals surface area (Å²) in [5, 5.41) is 19.9. The fraction of sp³-hybridized carbons (Fsp3) is 0.600. The van der Waals surface area contributed by atoms with Crippen molar-refractivity contribution in [3.05, 3.63) is 33.1 Å². The van der Waals surface area contributed by atoms with Crippen LogP contribution in [0.25, 0.3) is 0 Å². The number of hydrogen-bond donors (Lipinski definition) is 2. The van der Waals surface area contributed by atoms with E-state index in [4.69, 9.17) is 27.2 Å². The molecule has 0 bridgehead atoms. The number of hydrogen-bond acceptors (Lipinski definition) is 7. The first-order valence-electron chi connectivity index (χ1n) is 6.05. The van der Waals surface area contributed by atoms with Crippen LogP contribution in [-0.4, -0.2) is 44.3 Å². The van der Waals surface area contributed by atoms with E-state index >= 15 is 0 Å². The van der Waals surface area contributed by atoms with E-state index in [9.17, 15) is 24.4 Å². The van der Waals surface area contributed by atoms with Gasteiger partial charge in [-0.3, -0.25) is 18.5 Å². The Kier molecular flexibility index (Phi) is 5.18. The van der Waals surface area contributed by atoms with E-state index in [-0.39, 0.29) is 0 Å². The van der Waals surface area contributed by atoms with Crippen molar-refractivity contribution in [3.63, 3.8) is 0 Å². The molecule has 1 aliphatic rings. The molecule has 0 radical (unpaired) electrons. The molecule has 124 valence electrons. The first kappa shape index (κ1) is 17.7. The Morgan fingerprint density at radius 2 is 2.00 bits per heavy atom. The van der Waals surface area contributed by atoms with Crippen LogP contribution in [0.4, 0.5) is 0 Å². The number of halogens is 2. The minimum absolute atomic E-state index is 0.445. The lowest BCUT2D eigenvalue weighted by molar-refractivity contribution is -0.0512. The van der Waals surface area contributed by atoms with Crippen molar-refractivity contribution in [1.29, 1.82) is 0 Å². The van der Waals surface area contributed by atoms with Gasteiger partial charge in [0.05, 0.1) is 6.61 Å². The molecule has 22 heavy (non-hydrogen) atoms. The van der Waals surface area contributed by atoms with Crippen molar-refractivity contribution >= 4 is 28.6 Å². The largest absolute Gasteiger partial charge is 0.387 e. The summed E-state index contributed by atoms with van der Waals surface area (Å²) >= 11 is 10.4. The molecule has 1 aromatic rings. The highest BCUT2D eigenvalue weighted by atomic mass is 35.9. The fourth-order valence-corrected chi connectivity index (χ4v) is 2.70. The Bertz CT molecular complexity index is 714. The highest BCUT2D eigenvalue weighted by molar-refractivity contribution is 8.05. The van der Waals surface area contributed by atoms with Gasteiger partial charge < -0.3 is 19.5 Å². The van der Waals surface area contributed by atoms with E-state index < -0.39 is 48.5 Å². The van der Waals surface area contributed by atoms with E-state index in [0.29, 0.717) is 0 Å². The first-order valence-corrected chi connectivity index (χ1v) is 9.49.